The molecule has 0 unspecified atom stereocenters. The van der Waals surface area contributed by atoms with Gasteiger partial charge in [-0.05, 0) is 69.0 Å². The van der Waals surface area contributed by atoms with Crippen LogP contribution >= 0.6 is 0 Å². The maximum absolute atomic E-state index is 13.9. The highest BCUT2D eigenvalue weighted by Crippen LogP contribution is 2.39. The summed E-state index contributed by atoms with van der Waals surface area (Å²) in [5, 5.41) is 0. The van der Waals surface area contributed by atoms with Crippen molar-refractivity contribution in [2.24, 2.45) is 0 Å². The number of ether oxygens (including phenoxy) is 2. The number of anilines is 2. The van der Waals surface area contributed by atoms with Crippen LogP contribution in [0.1, 0.15) is 69.2 Å². The van der Waals surface area contributed by atoms with Gasteiger partial charge in [0.1, 0.15) is 5.60 Å². The van der Waals surface area contributed by atoms with E-state index in [2.05, 4.69) is 9.97 Å². The number of morpholine rings is 1. The van der Waals surface area contributed by atoms with Crippen molar-refractivity contribution in [3.8, 4) is 0 Å². The van der Waals surface area contributed by atoms with E-state index in [1.165, 1.54) is 0 Å². The number of amides is 1. The van der Waals surface area contributed by atoms with Crippen molar-refractivity contribution < 1.29 is 40.6 Å². The third-order valence-electron chi connectivity index (χ3n) is 8.56. The molecule has 2 saturated heterocycles. The minimum atomic E-state index is -5.01. The van der Waals surface area contributed by atoms with Crippen LogP contribution in [0.3, 0.4) is 0 Å². The van der Waals surface area contributed by atoms with Crippen molar-refractivity contribution >= 4 is 23.8 Å². The maximum atomic E-state index is 13.9. The van der Waals surface area contributed by atoms with Crippen LogP contribution in [0.25, 0.3) is 6.08 Å². The van der Waals surface area contributed by atoms with E-state index in [0.717, 1.165) is 17.7 Å². The second-order valence-electron chi connectivity index (χ2n) is 13.4. The first-order valence-electron chi connectivity index (χ1n) is 16.5. The van der Waals surface area contributed by atoms with E-state index in [-0.39, 0.29) is 30.5 Å². The Balaban J connectivity index is 1.60. The zero-order chi connectivity index (χ0) is 36.3. The SMILES string of the molecule is CC[C@@H]1C[C@H](N(Cc2cc(C(F)(F)F)cc(C(F)(F)F)c2)c2ncc(N3CCOCC3)cn2)C/C(=C\c2ccccc2)N1C(=O)OC(C)(C)C. The third-order valence-corrected chi connectivity index (χ3v) is 8.56. The van der Waals surface area contributed by atoms with Crippen LogP contribution in [0.4, 0.5) is 42.8 Å². The standard InChI is InChI=1S/C36H41F6N5O3/c1-5-28-19-29(20-30(17-24-9-7-6-8-10-24)47(28)33(48)50-34(2,3)4)46(32-43-21-31(22-44-32)45-11-13-49-14-12-45)23-25-15-26(35(37,38)39)18-27(16-25)36(40,41)42/h6-10,15-18,21-22,28-29H,5,11-14,19-20,23H2,1-4H3/b30-17+/t28-,29+/m1/s1. The molecule has 2 fully saturated rings. The Labute approximate surface area is 287 Å². The van der Waals surface area contributed by atoms with E-state index < -0.39 is 47.3 Å². The van der Waals surface area contributed by atoms with Crippen molar-refractivity contribution in [3.05, 3.63) is 88.9 Å². The number of likely N-dealkylation sites (tertiary alicyclic amines) is 1. The van der Waals surface area contributed by atoms with Crippen LogP contribution in [-0.2, 0) is 28.4 Å². The fourth-order valence-corrected chi connectivity index (χ4v) is 6.23. The van der Waals surface area contributed by atoms with Crippen LogP contribution < -0.4 is 9.80 Å². The minimum absolute atomic E-state index is 0.120. The van der Waals surface area contributed by atoms with Crippen molar-refractivity contribution in [2.75, 3.05) is 36.1 Å². The Morgan fingerprint density at radius 2 is 1.56 bits per heavy atom. The van der Waals surface area contributed by atoms with Crippen LogP contribution in [0.15, 0.2) is 66.6 Å². The predicted molar refractivity (Wildman–Crippen MR) is 177 cm³/mol. The molecule has 0 aliphatic carbocycles. The Bertz CT molecular complexity index is 1600. The van der Waals surface area contributed by atoms with Crippen molar-refractivity contribution in [2.45, 2.75) is 83.5 Å². The summed E-state index contributed by atoms with van der Waals surface area (Å²) in [6.07, 6.45) is -4.49. The maximum Gasteiger partial charge on any atom is 0.416 e. The number of rotatable bonds is 7. The molecule has 8 nitrogen and oxygen atoms in total. The Morgan fingerprint density at radius 3 is 2.10 bits per heavy atom. The van der Waals surface area contributed by atoms with Gasteiger partial charge in [0.2, 0.25) is 5.95 Å². The number of nitrogens with zero attached hydrogens (tertiary/aromatic N) is 5. The van der Waals surface area contributed by atoms with E-state index in [0.29, 0.717) is 50.5 Å². The lowest BCUT2D eigenvalue weighted by Gasteiger charge is -2.45. The number of halogens is 6. The minimum Gasteiger partial charge on any atom is -0.443 e. The average molecular weight is 706 g/mol. The van der Waals surface area contributed by atoms with E-state index in [1.807, 2.05) is 48.2 Å². The molecule has 3 aromatic rings. The van der Waals surface area contributed by atoms with Gasteiger partial charge >= 0.3 is 18.4 Å². The lowest BCUT2D eigenvalue weighted by Crippen LogP contribution is -2.52. The summed E-state index contributed by atoms with van der Waals surface area (Å²) in [6.45, 7) is 9.14. The first kappa shape index (κ1) is 36.9. The first-order chi connectivity index (χ1) is 23.5. The first-order valence-corrected chi connectivity index (χ1v) is 16.5. The molecule has 0 saturated carbocycles. The summed E-state index contributed by atoms with van der Waals surface area (Å²) in [4.78, 5) is 28.1. The normalized spacial score (nSPS) is 19.8. The zero-order valence-corrected chi connectivity index (χ0v) is 28.4. The molecular weight excluding hydrogens is 664 g/mol. The molecule has 1 aromatic heterocycles. The number of benzene rings is 2. The Kier molecular flexibility index (Phi) is 11.0. The van der Waals surface area contributed by atoms with E-state index in [1.54, 1.807) is 43.0 Å². The number of piperidine rings is 1. The third kappa shape index (κ3) is 9.26. The molecule has 0 spiro atoms. The van der Waals surface area contributed by atoms with Gasteiger partial charge in [0, 0.05) is 43.8 Å². The van der Waals surface area contributed by atoms with Crippen LogP contribution in [-0.4, -0.2) is 64.9 Å². The van der Waals surface area contributed by atoms with Gasteiger partial charge in [0.05, 0.1) is 42.4 Å². The number of aromatic nitrogens is 2. The number of hydrogen-bond donors (Lipinski definition) is 0. The van der Waals surface area contributed by atoms with E-state index >= 15 is 0 Å². The van der Waals surface area contributed by atoms with Gasteiger partial charge < -0.3 is 19.3 Å². The molecule has 0 radical (unpaired) electrons. The fraction of sp³-hybridized carbons (Fsp3) is 0.472. The molecule has 0 N–H and O–H groups in total. The highest BCUT2D eigenvalue weighted by molar-refractivity contribution is 5.74. The van der Waals surface area contributed by atoms with Crippen molar-refractivity contribution in [1.82, 2.24) is 14.9 Å². The lowest BCUT2D eigenvalue weighted by atomic mass is 9.90. The summed E-state index contributed by atoms with van der Waals surface area (Å²) < 4.78 is 94.6. The van der Waals surface area contributed by atoms with Crippen molar-refractivity contribution in [3.63, 3.8) is 0 Å². The van der Waals surface area contributed by atoms with Gasteiger partial charge in [-0.25, -0.2) is 14.8 Å². The highest BCUT2D eigenvalue weighted by Gasteiger charge is 2.41. The monoisotopic (exact) mass is 705 g/mol. The van der Waals surface area contributed by atoms with Gasteiger partial charge in [-0.15, -0.1) is 0 Å². The fourth-order valence-electron chi connectivity index (χ4n) is 6.23. The van der Waals surface area contributed by atoms with Gasteiger partial charge in [0.25, 0.3) is 0 Å². The number of carbonyl (C=O) groups is 1. The molecule has 270 valence electrons. The number of alkyl halides is 6. The van der Waals surface area contributed by atoms with Gasteiger partial charge in [-0.3, -0.25) is 4.90 Å². The number of carbonyl (C=O) groups excluding carboxylic acids is 1. The summed E-state index contributed by atoms with van der Waals surface area (Å²) in [5.41, 5.74) is -1.69. The largest absolute Gasteiger partial charge is 0.443 e. The van der Waals surface area contributed by atoms with E-state index in [9.17, 15) is 31.1 Å². The molecule has 2 atom stereocenters. The molecule has 5 rings (SSSR count). The summed E-state index contributed by atoms with van der Waals surface area (Å²) >= 11 is 0. The average Bonchev–Trinajstić information content (AvgIpc) is 3.06. The van der Waals surface area contributed by atoms with Gasteiger partial charge in [-0.1, -0.05) is 37.3 Å². The van der Waals surface area contributed by atoms with Crippen LogP contribution in [0.5, 0.6) is 0 Å². The number of hydrogen-bond acceptors (Lipinski definition) is 7. The van der Waals surface area contributed by atoms with Gasteiger partial charge in [0.15, 0.2) is 0 Å². The summed E-state index contributed by atoms with van der Waals surface area (Å²) in [5.74, 6) is 0.137. The van der Waals surface area contributed by atoms with Crippen LogP contribution in [0, 0.1) is 0 Å². The van der Waals surface area contributed by atoms with Crippen molar-refractivity contribution in [1.29, 1.82) is 0 Å². The Morgan fingerprint density at radius 1 is 0.960 bits per heavy atom. The predicted octanol–water partition coefficient (Wildman–Crippen LogP) is 8.58. The Hall–Kier alpha value is -4.33. The van der Waals surface area contributed by atoms with Crippen LogP contribution in [0.2, 0.25) is 0 Å². The zero-order valence-electron chi connectivity index (χ0n) is 28.4. The second kappa shape index (κ2) is 14.9. The summed E-state index contributed by atoms with van der Waals surface area (Å²) in [6, 6.07) is 9.96. The van der Waals surface area contributed by atoms with E-state index in [4.69, 9.17) is 9.47 Å². The molecule has 0 bridgehead atoms. The molecule has 50 heavy (non-hydrogen) atoms. The molecule has 14 heteroatoms. The second-order valence-corrected chi connectivity index (χ2v) is 13.4. The molecule has 2 aliphatic heterocycles. The smallest absolute Gasteiger partial charge is 0.416 e. The topological polar surface area (TPSA) is 71.0 Å². The van der Waals surface area contributed by atoms with Gasteiger partial charge in [-0.2, -0.15) is 26.3 Å². The molecule has 2 aliphatic rings. The molecular formula is C36H41F6N5O3. The molecule has 1 amide bonds. The quantitative estimate of drug-likeness (QED) is 0.228. The summed E-state index contributed by atoms with van der Waals surface area (Å²) in [7, 11) is 0. The highest BCUT2D eigenvalue weighted by atomic mass is 19.4. The molecule has 3 heterocycles. The lowest BCUT2D eigenvalue weighted by molar-refractivity contribution is -0.143. The molecule has 2 aromatic carbocycles.